The second-order valence-corrected chi connectivity index (χ2v) is 1.15. The third-order valence-corrected chi connectivity index (χ3v) is 0. The quantitative estimate of drug-likeness (QED) is 0.248. The van der Waals surface area contributed by atoms with Crippen molar-refractivity contribution in [3.05, 3.63) is 0 Å². The molecule has 0 heterocycles. The Morgan fingerprint density at radius 2 is 0.227 bits per heavy atom. The largest absolute Gasteiger partial charge is 2.00 e. The van der Waals surface area contributed by atoms with Crippen LogP contribution in [0.2, 0.25) is 0 Å². The maximum Gasteiger partial charge on any atom is 2.00 e. The van der Waals surface area contributed by atoms with E-state index >= 15 is 0 Å². The monoisotopic (exact) mass is 566 g/mol. The summed E-state index contributed by atoms with van der Waals surface area (Å²) in [5.41, 5.74) is 0. The van der Waals surface area contributed by atoms with Crippen LogP contribution in [0.1, 0.15) is 0 Å². The normalized spacial score (nSPS) is 4.91. The van der Waals surface area contributed by atoms with Gasteiger partial charge in [-0.15, -0.1) is 0 Å². The molecule has 0 spiro atoms. The van der Waals surface area contributed by atoms with E-state index in [4.69, 9.17) is 60.3 Å². The van der Waals surface area contributed by atoms with Gasteiger partial charge in [0.05, 0.1) is 0 Å². The molecule has 22 heteroatoms. The Labute approximate surface area is 190 Å². The first-order valence-electron chi connectivity index (χ1n) is 2.83. The number of rotatable bonds is 0. The van der Waals surface area contributed by atoms with Crippen molar-refractivity contribution in [2.45, 2.75) is 0 Å². The van der Waals surface area contributed by atoms with E-state index < -0.39 is 29.3 Å². The average Bonchev–Trinajstić information content (AvgIpc) is 1.76. The van der Waals surface area contributed by atoms with Crippen LogP contribution < -0.4 is 60.3 Å². The molecule has 0 aliphatic carbocycles. The van der Waals surface area contributed by atoms with Crippen molar-refractivity contribution in [2.24, 2.45) is 0 Å². The van der Waals surface area contributed by atoms with Crippen LogP contribution in [0.4, 0.5) is 0 Å². The molecule has 0 aromatic rings. The van der Waals surface area contributed by atoms with Crippen molar-refractivity contribution >= 4 is 29.3 Å². The third kappa shape index (κ3) is 1310. The molecular formula is B4Mn6O12. The Kier molecular flexibility index (Phi) is 164. The smallest absolute Gasteiger partial charge is 0.907 e. The summed E-state index contributed by atoms with van der Waals surface area (Å²) in [5, 5.41) is 101. The predicted molar refractivity (Wildman–Crippen MR) is 23.0 cm³/mol. The molecule has 0 rings (SSSR count). The summed E-state index contributed by atoms with van der Waals surface area (Å²) in [5.74, 6) is 0. The average molecular weight is 565 g/mol. The van der Waals surface area contributed by atoms with Crippen molar-refractivity contribution in [3.8, 4) is 0 Å². The molecule has 0 aliphatic heterocycles. The van der Waals surface area contributed by atoms with Gasteiger partial charge in [0, 0.05) is 0 Å². The van der Waals surface area contributed by atoms with Crippen molar-refractivity contribution in [1.82, 2.24) is 0 Å². The molecule has 0 bridgehead atoms. The Bertz CT molecular complexity index is 74.6. The molecule has 6 radical (unpaired) electrons. The topological polar surface area (TPSA) is 277 Å². The fourth-order valence-corrected chi connectivity index (χ4v) is 0. The molecular weight excluding hydrogens is 565 g/mol. The Morgan fingerprint density at radius 3 is 0.227 bits per heavy atom. The summed E-state index contributed by atoms with van der Waals surface area (Å²) in [6.07, 6.45) is 0. The molecule has 12 nitrogen and oxygen atoms in total. The minimum Gasteiger partial charge on any atom is -0.907 e. The zero-order valence-electron chi connectivity index (χ0n) is 9.48. The Morgan fingerprint density at radius 1 is 0.227 bits per heavy atom. The van der Waals surface area contributed by atoms with Gasteiger partial charge in [-0.2, -0.15) is 0 Å². The van der Waals surface area contributed by atoms with Gasteiger partial charge < -0.3 is 60.3 Å². The second kappa shape index (κ2) is 56.5. The molecule has 0 atom stereocenters. The SMILES string of the molecule is [Mn+2].[Mn+2].[Mn+2].[Mn+2].[Mn+2].[Mn+2].[O-]B([O-])[O-].[O-]B([O-])[O-].[O-]B([O-])[O-].[O-]B([O-])[O-]. The molecule has 22 heavy (non-hydrogen) atoms. The summed E-state index contributed by atoms with van der Waals surface area (Å²) in [7, 11) is -11.7. The van der Waals surface area contributed by atoms with E-state index in [2.05, 4.69) is 0 Å². The molecule has 0 saturated carbocycles. The molecule has 0 aromatic heterocycles. The summed E-state index contributed by atoms with van der Waals surface area (Å²) < 4.78 is 0. The van der Waals surface area contributed by atoms with Gasteiger partial charge in [-0.05, 0) is 0 Å². The van der Waals surface area contributed by atoms with Crippen molar-refractivity contribution in [1.29, 1.82) is 0 Å². The fraction of sp³-hybridized carbons (Fsp3) is 0. The van der Waals surface area contributed by atoms with Crippen LogP contribution in [0.5, 0.6) is 0 Å². The maximum atomic E-state index is 8.42. The van der Waals surface area contributed by atoms with E-state index in [-0.39, 0.29) is 102 Å². The van der Waals surface area contributed by atoms with Gasteiger partial charge in [0.2, 0.25) is 0 Å². The van der Waals surface area contributed by atoms with Crippen LogP contribution >= 0.6 is 0 Å². The number of hydrogen-bond donors (Lipinski definition) is 0. The second-order valence-electron chi connectivity index (χ2n) is 1.15. The first kappa shape index (κ1) is 64.1. The Hall–Kier alpha value is 2.90. The fourth-order valence-electron chi connectivity index (χ4n) is 0. The predicted octanol–water partition coefficient (Wildman–Crippen LogP) is -15.8. The third-order valence-electron chi connectivity index (χ3n) is 0. The van der Waals surface area contributed by atoms with E-state index in [0.29, 0.717) is 0 Å². The maximum absolute atomic E-state index is 8.42. The molecule has 126 valence electrons. The van der Waals surface area contributed by atoms with Crippen LogP contribution in [0.3, 0.4) is 0 Å². The van der Waals surface area contributed by atoms with Crippen LogP contribution in [0.15, 0.2) is 0 Å². The molecule has 0 fully saturated rings. The molecule has 0 saturated heterocycles. The molecule has 0 aromatic carbocycles. The summed E-state index contributed by atoms with van der Waals surface area (Å²) in [4.78, 5) is 0. The van der Waals surface area contributed by atoms with Crippen LogP contribution in [0.25, 0.3) is 0 Å². The van der Waals surface area contributed by atoms with E-state index in [1.807, 2.05) is 0 Å². The summed E-state index contributed by atoms with van der Waals surface area (Å²) in [6.45, 7) is 0. The minimum atomic E-state index is -2.92. The number of hydrogen-bond acceptors (Lipinski definition) is 12. The van der Waals surface area contributed by atoms with E-state index in [0.717, 1.165) is 0 Å². The minimum absolute atomic E-state index is 0. The molecule has 0 amide bonds. The molecule has 0 N–H and O–H groups in total. The van der Waals surface area contributed by atoms with Crippen molar-refractivity contribution in [2.75, 3.05) is 0 Å². The molecule has 0 unspecified atom stereocenters. The van der Waals surface area contributed by atoms with Gasteiger partial charge in [0.1, 0.15) is 0 Å². The standard InChI is InChI=1S/4BO3.6Mn/c4*2-1(3)4;;;;;;/q4*-3;6*+2. The van der Waals surface area contributed by atoms with E-state index in [1.54, 1.807) is 0 Å². The van der Waals surface area contributed by atoms with Gasteiger partial charge >= 0.3 is 102 Å². The van der Waals surface area contributed by atoms with Crippen LogP contribution in [-0.4, -0.2) is 29.3 Å². The first-order valence-corrected chi connectivity index (χ1v) is 2.83. The zero-order valence-corrected chi connectivity index (χ0v) is 16.6. The van der Waals surface area contributed by atoms with Crippen LogP contribution in [-0.2, 0) is 102 Å². The van der Waals surface area contributed by atoms with E-state index in [1.165, 1.54) is 0 Å². The Balaban J connectivity index is -0.00000001000. The first-order chi connectivity index (χ1) is 6.93. The zero-order chi connectivity index (χ0) is 14.3. The van der Waals surface area contributed by atoms with Gasteiger partial charge in [0.15, 0.2) is 0 Å². The van der Waals surface area contributed by atoms with Gasteiger partial charge in [-0.3, -0.25) is 29.3 Å². The van der Waals surface area contributed by atoms with Crippen LogP contribution in [0, 0.1) is 0 Å². The summed E-state index contributed by atoms with van der Waals surface area (Å²) in [6, 6.07) is 0. The molecule has 0 aliphatic rings. The summed E-state index contributed by atoms with van der Waals surface area (Å²) >= 11 is 0. The van der Waals surface area contributed by atoms with Gasteiger partial charge in [-0.1, -0.05) is 0 Å². The van der Waals surface area contributed by atoms with Crippen molar-refractivity contribution in [3.63, 3.8) is 0 Å². The van der Waals surface area contributed by atoms with Gasteiger partial charge in [0.25, 0.3) is 0 Å². The van der Waals surface area contributed by atoms with Crippen molar-refractivity contribution < 1.29 is 163 Å². The van der Waals surface area contributed by atoms with E-state index in [9.17, 15) is 0 Å². The van der Waals surface area contributed by atoms with Gasteiger partial charge in [-0.25, -0.2) is 0 Å².